The van der Waals surface area contributed by atoms with Gasteiger partial charge in [0.05, 0.1) is 0 Å². The molecule has 0 aliphatic carbocycles. The summed E-state index contributed by atoms with van der Waals surface area (Å²) in [4.78, 5) is 21.2. The van der Waals surface area contributed by atoms with E-state index < -0.39 is 12.1 Å². The molecule has 0 radical (unpaired) electrons. The van der Waals surface area contributed by atoms with E-state index in [-0.39, 0.29) is 5.91 Å². The van der Waals surface area contributed by atoms with Crippen molar-refractivity contribution in [1.29, 1.82) is 0 Å². The lowest BCUT2D eigenvalue weighted by molar-refractivity contribution is -0.120. The fourth-order valence-corrected chi connectivity index (χ4v) is 0.829. The molecule has 5 nitrogen and oxygen atoms in total. The molecule has 1 unspecified atom stereocenters. The predicted octanol–water partition coefficient (Wildman–Crippen LogP) is -1.46. The predicted molar refractivity (Wildman–Crippen MR) is 34.1 cm³/mol. The van der Waals surface area contributed by atoms with Crippen molar-refractivity contribution >= 4 is 11.9 Å². The van der Waals surface area contributed by atoms with Crippen molar-refractivity contribution in [1.82, 2.24) is 10.6 Å². The van der Waals surface area contributed by atoms with E-state index in [1.165, 1.54) is 0 Å². The maximum atomic E-state index is 10.7. The first-order chi connectivity index (χ1) is 4.74. The molecule has 0 aromatic carbocycles. The van der Waals surface area contributed by atoms with Crippen LogP contribution in [0.4, 0.5) is 4.79 Å². The highest BCUT2D eigenvalue weighted by molar-refractivity contribution is 6.04. The van der Waals surface area contributed by atoms with Crippen LogP contribution in [0.25, 0.3) is 0 Å². The van der Waals surface area contributed by atoms with Crippen molar-refractivity contribution in [2.24, 2.45) is 5.73 Å². The summed E-state index contributed by atoms with van der Waals surface area (Å²) in [5.41, 5.74) is 5.18. The first kappa shape index (κ1) is 7.01. The number of rotatable bonds is 2. The highest BCUT2D eigenvalue weighted by Gasteiger charge is 2.27. The van der Waals surface area contributed by atoms with Crippen LogP contribution in [-0.4, -0.2) is 24.5 Å². The van der Waals surface area contributed by atoms with Crippen molar-refractivity contribution in [2.45, 2.75) is 12.5 Å². The lowest BCUT2D eigenvalue weighted by Gasteiger charge is -2.01. The van der Waals surface area contributed by atoms with E-state index in [0.29, 0.717) is 13.0 Å². The number of urea groups is 1. The molecule has 1 saturated heterocycles. The van der Waals surface area contributed by atoms with Crippen molar-refractivity contribution in [3.05, 3.63) is 0 Å². The average Bonchev–Trinajstić information content (AvgIpc) is 2.13. The molecule has 5 heteroatoms. The Morgan fingerprint density at radius 3 is 2.60 bits per heavy atom. The van der Waals surface area contributed by atoms with E-state index in [1.54, 1.807) is 0 Å². The Balaban J connectivity index is 2.46. The van der Waals surface area contributed by atoms with Gasteiger partial charge in [0.2, 0.25) is 0 Å². The molecule has 1 aliphatic heterocycles. The number of hydrogen-bond donors (Lipinski definition) is 3. The van der Waals surface area contributed by atoms with Crippen LogP contribution in [0.15, 0.2) is 0 Å². The minimum absolute atomic E-state index is 0.282. The molecule has 0 aromatic heterocycles. The first-order valence-electron chi connectivity index (χ1n) is 3.05. The summed E-state index contributed by atoms with van der Waals surface area (Å²) in [6.45, 7) is 0.401. The summed E-state index contributed by atoms with van der Waals surface area (Å²) >= 11 is 0. The van der Waals surface area contributed by atoms with Gasteiger partial charge in [-0.3, -0.25) is 10.1 Å². The van der Waals surface area contributed by atoms with Gasteiger partial charge in [0, 0.05) is 0 Å². The third kappa shape index (κ3) is 1.24. The van der Waals surface area contributed by atoms with Gasteiger partial charge in [0.1, 0.15) is 6.04 Å². The van der Waals surface area contributed by atoms with E-state index >= 15 is 0 Å². The Morgan fingerprint density at radius 2 is 2.20 bits per heavy atom. The van der Waals surface area contributed by atoms with Gasteiger partial charge in [-0.15, -0.1) is 0 Å². The Bertz CT molecular complexity index is 168. The number of amides is 3. The summed E-state index contributed by atoms with van der Waals surface area (Å²) in [6.07, 6.45) is 0.498. The fourth-order valence-electron chi connectivity index (χ4n) is 0.829. The molecular weight excluding hydrogens is 134 g/mol. The minimum Gasteiger partial charge on any atom is -0.330 e. The number of nitrogens with two attached hydrogens (primary N) is 1. The van der Waals surface area contributed by atoms with Crippen LogP contribution in [0.3, 0.4) is 0 Å². The second-order valence-electron chi connectivity index (χ2n) is 2.09. The zero-order chi connectivity index (χ0) is 7.56. The number of carbonyl (C=O) groups excluding carboxylic acids is 2. The summed E-state index contributed by atoms with van der Waals surface area (Å²) in [6, 6.07) is -0.846. The van der Waals surface area contributed by atoms with Gasteiger partial charge in [0.15, 0.2) is 0 Å². The molecule has 0 bridgehead atoms. The van der Waals surface area contributed by atoms with Gasteiger partial charge in [-0.1, -0.05) is 0 Å². The molecule has 56 valence electrons. The van der Waals surface area contributed by atoms with Crippen LogP contribution in [-0.2, 0) is 4.79 Å². The van der Waals surface area contributed by atoms with Gasteiger partial charge in [0.25, 0.3) is 5.91 Å². The summed E-state index contributed by atoms with van der Waals surface area (Å²) in [5.74, 6) is -0.282. The van der Waals surface area contributed by atoms with Crippen molar-refractivity contribution in [3.63, 3.8) is 0 Å². The summed E-state index contributed by atoms with van der Waals surface area (Å²) < 4.78 is 0. The molecule has 0 spiro atoms. The van der Waals surface area contributed by atoms with Gasteiger partial charge < -0.3 is 11.1 Å². The Morgan fingerprint density at radius 1 is 1.50 bits per heavy atom. The van der Waals surface area contributed by atoms with Crippen molar-refractivity contribution in [3.8, 4) is 0 Å². The summed E-state index contributed by atoms with van der Waals surface area (Å²) in [7, 11) is 0. The monoisotopic (exact) mass is 143 g/mol. The number of imide groups is 1. The zero-order valence-electron chi connectivity index (χ0n) is 5.39. The Kier molecular flexibility index (Phi) is 1.86. The minimum atomic E-state index is -0.427. The molecule has 1 atom stereocenters. The van der Waals surface area contributed by atoms with Crippen LogP contribution >= 0.6 is 0 Å². The smallest absolute Gasteiger partial charge is 0.322 e. The molecule has 1 rings (SSSR count). The standard InChI is InChI=1S/C5H9N3O2/c6-2-1-3-4(9)8-5(10)7-3/h3H,1-2,6H2,(H2,7,8,9,10). The normalized spacial score (nSPS) is 24.3. The van der Waals surface area contributed by atoms with E-state index in [2.05, 4.69) is 10.6 Å². The molecule has 0 saturated carbocycles. The second-order valence-corrected chi connectivity index (χ2v) is 2.09. The van der Waals surface area contributed by atoms with E-state index in [4.69, 9.17) is 5.73 Å². The fraction of sp³-hybridized carbons (Fsp3) is 0.600. The lowest BCUT2D eigenvalue weighted by Crippen LogP contribution is -2.31. The van der Waals surface area contributed by atoms with Crippen LogP contribution in [0.1, 0.15) is 6.42 Å². The molecule has 1 fully saturated rings. The van der Waals surface area contributed by atoms with Crippen molar-refractivity contribution < 1.29 is 9.59 Å². The Hall–Kier alpha value is -1.10. The molecule has 3 amide bonds. The second kappa shape index (κ2) is 2.66. The molecule has 1 heterocycles. The van der Waals surface area contributed by atoms with Gasteiger partial charge in [-0.2, -0.15) is 0 Å². The highest BCUT2D eigenvalue weighted by Crippen LogP contribution is 1.95. The van der Waals surface area contributed by atoms with E-state index in [0.717, 1.165) is 0 Å². The number of hydrogen-bond acceptors (Lipinski definition) is 3. The molecule has 1 aliphatic rings. The Labute approximate surface area is 58.0 Å². The number of nitrogens with one attached hydrogen (secondary N) is 2. The maximum absolute atomic E-state index is 10.7. The van der Waals surface area contributed by atoms with Gasteiger partial charge in [-0.05, 0) is 13.0 Å². The molecule has 10 heavy (non-hydrogen) atoms. The van der Waals surface area contributed by atoms with Crippen LogP contribution < -0.4 is 16.4 Å². The van der Waals surface area contributed by atoms with Gasteiger partial charge >= 0.3 is 6.03 Å². The maximum Gasteiger partial charge on any atom is 0.322 e. The molecular formula is C5H9N3O2. The topological polar surface area (TPSA) is 84.2 Å². The van der Waals surface area contributed by atoms with Crippen LogP contribution in [0.5, 0.6) is 0 Å². The first-order valence-corrected chi connectivity index (χ1v) is 3.05. The number of carbonyl (C=O) groups is 2. The average molecular weight is 143 g/mol. The third-order valence-electron chi connectivity index (χ3n) is 1.31. The molecule has 4 N–H and O–H groups in total. The van der Waals surface area contributed by atoms with E-state index in [1.807, 2.05) is 0 Å². The largest absolute Gasteiger partial charge is 0.330 e. The van der Waals surface area contributed by atoms with Gasteiger partial charge in [-0.25, -0.2) is 4.79 Å². The lowest BCUT2D eigenvalue weighted by atomic mass is 10.2. The zero-order valence-corrected chi connectivity index (χ0v) is 5.39. The van der Waals surface area contributed by atoms with Crippen LogP contribution in [0, 0.1) is 0 Å². The third-order valence-corrected chi connectivity index (χ3v) is 1.31. The van der Waals surface area contributed by atoms with Crippen LogP contribution in [0.2, 0.25) is 0 Å². The quantitative estimate of drug-likeness (QED) is 0.413. The SMILES string of the molecule is NCCC1NC(=O)NC1=O. The highest BCUT2D eigenvalue weighted by atomic mass is 16.2. The van der Waals surface area contributed by atoms with E-state index in [9.17, 15) is 9.59 Å². The van der Waals surface area contributed by atoms with Crippen molar-refractivity contribution in [2.75, 3.05) is 6.54 Å². The molecule has 0 aromatic rings. The summed E-state index contributed by atoms with van der Waals surface area (Å²) in [5, 5.41) is 4.53.